The van der Waals surface area contributed by atoms with Crippen LogP contribution in [-0.4, -0.2) is 22.1 Å². The quantitative estimate of drug-likeness (QED) is 0.480. The van der Waals surface area contributed by atoms with Crippen molar-refractivity contribution >= 4 is 40.1 Å². The Hall–Kier alpha value is -3.27. The number of benzene rings is 2. The number of rotatable bonds is 5. The molecule has 0 radical (unpaired) electrons. The lowest BCUT2D eigenvalue weighted by Gasteiger charge is -2.13. The number of nitrogens with one attached hydrogen (secondary N) is 2. The molecule has 2 rings (SSSR count). The molecule has 0 amide bonds. The molecule has 0 saturated carbocycles. The van der Waals surface area contributed by atoms with E-state index in [1.807, 2.05) is 0 Å². The molecule has 24 heavy (non-hydrogen) atoms. The van der Waals surface area contributed by atoms with Gasteiger partial charge in [-0.25, -0.2) is 0 Å². The summed E-state index contributed by atoms with van der Waals surface area (Å²) in [7, 11) is 1.42. The molecule has 0 aromatic heterocycles. The van der Waals surface area contributed by atoms with Crippen molar-refractivity contribution in [3.63, 3.8) is 0 Å². The molecule has 0 aliphatic carbocycles. The third-order valence-electron chi connectivity index (χ3n) is 2.96. The molecule has 9 nitrogen and oxygen atoms in total. The zero-order chi connectivity index (χ0) is 17.7. The van der Waals surface area contributed by atoms with Gasteiger partial charge in [-0.1, -0.05) is 6.07 Å². The minimum atomic E-state index is -0.540. The second-order valence-electron chi connectivity index (χ2n) is 4.53. The van der Waals surface area contributed by atoms with Crippen LogP contribution in [0, 0.1) is 20.2 Å². The number of methoxy groups -OCH3 is 1. The SMILES string of the molecule is COc1ccc([N+](=O)[O-])cc1NC(=S)Nc1cccc([N+](=O)[O-])c1. The summed E-state index contributed by atoms with van der Waals surface area (Å²) in [4.78, 5) is 20.6. The Morgan fingerprint density at radius 2 is 1.71 bits per heavy atom. The monoisotopic (exact) mass is 348 g/mol. The zero-order valence-corrected chi connectivity index (χ0v) is 13.2. The van der Waals surface area contributed by atoms with Crippen LogP contribution in [0.15, 0.2) is 42.5 Å². The lowest BCUT2D eigenvalue weighted by molar-refractivity contribution is -0.385. The number of hydrogen-bond acceptors (Lipinski definition) is 6. The standard InChI is InChI=1S/C14H12N4O5S/c1-23-13-6-5-11(18(21)22)8-12(13)16-14(24)15-9-3-2-4-10(7-9)17(19)20/h2-8H,1H3,(H2,15,16,24). The highest BCUT2D eigenvalue weighted by molar-refractivity contribution is 7.80. The van der Waals surface area contributed by atoms with Crippen LogP contribution >= 0.6 is 12.2 Å². The van der Waals surface area contributed by atoms with E-state index in [4.69, 9.17) is 17.0 Å². The summed E-state index contributed by atoms with van der Waals surface area (Å²) < 4.78 is 5.12. The van der Waals surface area contributed by atoms with Gasteiger partial charge in [0.1, 0.15) is 5.75 Å². The minimum absolute atomic E-state index is 0.0873. The van der Waals surface area contributed by atoms with E-state index < -0.39 is 9.85 Å². The van der Waals surface area contributed by atoms with Gasteiger partial charge in [-0.3, -0.25) is 20.2 Å². The Kier molecular flexibility index (Phi) is 5.22. The molecule has 0 unspecified atom stereocenters. The lowest BCUT2D eigenvalue weighted by Crippen LogP contribution is -2.19. The molecule has 0 aliphatic heterocycles. The summed E-state index contributed by atoms with van der Waals surface area (Å²) in [6, 6.07) is 9.81. The van der Waals surface area contributed by atoms with Crippen LogP contribution in [0.4, 0.5) is 22.7 Å². The van der Waals surface area contributed by atoms with Crippen LogP contribution in [0.5, 0.6) is 5.75 Å². The van der Waals surface area contributed by atoms with E-state index in [-0.39, 0.29) is 16.5 Å². The highest BCUT2D eigenvalue weighted by Crippen LogP contribution is 2.29. The van der Waals surface area contributed by atoms with Gasteiger partial charge >= 0.3 is 0 Å². The van der Waals surface area contributed by atoms with E-state index >= 15 is 0 Å². The van der Waals surface area contributed by atoms with Gasteiger partial charge in [-0.05, 0) is 24.4 Å². The number of nitrogens with zero attached hydrogens (tertiary/aromatic N) is 2. The Morgan fingerprint density at radius 3 is 2.33 bits per heavy atom. The molecule has 0 fully saturated rings. The van der Waals surface area contributed by atoms with Gasteiger partial charge in [0.05, 0.1) is 22.6 Å². The topological polar surface area (TPSA) is 120 Å². The number of anilines is 2. The fourth-order valence-electron chi connectivity index (χ4n) is 1.89. The normalized spacial score (nSPS) is 9.88. The van der Waals surface area contributed by atoms with Crippen LogP contribution in [0.2, 0.25) is 0 Å². The van der Waals surface area contributed by atoms with E-state index in [0.29, 0.717) is 17.1 Å². The third kappa shape index (κ3) is 4.14. The first-order valence-electron chi connectivity index (χ1n) is 6.55. The summed E-state index contributed by atoms with van der Waals surface area (Å²) in [5, 5.41) is 27.3. The number of nitro benzene ring substituents is 2. The summed E-state index contributed by atoms with van der Waals surface area (Å²) in [5.74, 6) is 0.365. The summed E-state index contributed by atoms with van der Waals surface area (Å²) in [6.45, 7) is 0. The smallest absolute Gasteiger partial charge is 0.271 e. The number of thiocarbonyl (C=S) groups is 1. The van der Waals surface area contributed by atoms with E-state index in [9.17, 15) is 20.2 Å². The largest absolute Gasteiger partial charge is 0.495 e. The average molecular weight is 348 g/mol. The van der Waals surface area contributed by atoms with Crippen molar-refractivity contribution < 1.29 is 14.6 Å². The average Bonchev–Trinajstić information content (AvgIpc) is 2.54. The maximum absolute atomic E-state index is 10.9. The lowest BCUT2D eigenvalue weighted by atomic mass is 10.2. The van der Waals surface area contributed by atoms with Crippen LogP contribution < -0.4 is 15.4 Å². The highest BCUT2D eigenvalue weighted by atomic mass is 32.1. The molecule has 0 spiro atoms. The number of ether oxygens (including phenoxy) is 1. The minimum Gasteiger partial charge on any atom is -0.495 e. The molecule has 0 saturated heterocycles. The van der Waals surface area contributed by atoms with E-state index in [2.05, 4.69) is 10.6 Å². The molecular formula is C14H12N4O5S. The molecule has 0 aliphatic rings. The van der Waals surface area contributed by atoms with Crippen LogP contribution in [0.25, 0.3) is 0 Å². The third-order valence-corrected chi connectivity index (χ3v) is 3.16. The Balaban J connectivity index is 2.17. The van der Waals surface area contributed by atoms with E-state index in [1.54, 1.807) is 6.07 Å². The second kappa shape index (κ2) is 7.33. The maximum Gasteiger partial charge on any atom is 0.271 e. The molecular weight excluding hydrogens is 336 g/mol. The predicted molar refractivity (Wildman–Crippen MR) is 92.6 cm³/mol. The van der Waals surface area contributed by atoms with Crippen LogP contribution in [0.1, 0.15) is 0 Å². The molecule has 2 aromatic carbocycles. The van der Waals surface area contributed by atoms with Crippen molar-refractivity contribution in [1.29, 1.82) is 0 Å². The van der Waals surface area contributed by atoms with Gasteiger partial charge in [-0.2, -0.15) is 0 Å². The van der Waals surface area contributed by atoms with Gasteiger partial charge in [0, 0.05) is 30.0 Å². The Labute approximate surface area is 141 Å². The van der Waals surface area contributed by atoms with Crippen LogP contribution in [-0.2, 0) is 0 Å². The first kappa shape index (κ1) is 17.1. The maximum atomic E-state index is 10.9. The van der Waals surface area contributed by atoms with Gasteiger partial charge in [0.25, 0.3) is 11.4 Å². The number of non-ortho nitro benzene ring substituents is 2. The fourth-order valence-corrected chi connectivity index (χ4v) is 2.12. The molecule has 0 bridgehead atoms. The zero-order valence-electron chi connectivity index (χ0n) is 12.4. The second-order valence-corrected chi connectivity index (χ2v) is 4.94. The van der Waals surface area contributed by atoms with Gasteiger partial charge < -0.3 is 15.4 Å². The van der Waals surface area contributed by atoms with Gasteiger partial charge in [0.15, 0.2) is 5.11 Å². The van der Waals surface area contributed by atoms with Gasteiger partial charge in [0.2, 0.25) is 0 Å². The molecule has 0 heterocycles. The van der Waals surface area contributed by atoms with Crippen molar-refractivity contribution in [3.8, 4) is 5.75 Å². The van der Waals surface area contributed by atoms with Crippen molar-refractivity contribution in [2.75, 3.05) is 17.7 Å². The molecule has 124 valence electrons. The highest BCUT2D eigenvalue weighted by Gasteiger charge is 2.13. The van der Waals surface area contributed by atoms with Gasteiger partial charge in [-0.15, -0.1) is 0 Å². The molecule has 2 aromatic rings. The van der Waals surface area contributed by atoms with Crippen molar-refractivity contribution in [3.05, 3.63) is 62.7 Å². The molecule has 10 heteroatoms. The molecule has 2 N–H and O–H groups in total. The predicted octanol–water partition coefficient (Wildman–Crippen LogP) is 3.32. The first-order valence-corrected chi connectivity index (χ1v) is 6.96. The summed E-state index contributed by atoms with van der Waals surface area (Å²) in [5.41, 5.74) is 0.493. The Bertz CT molecular complexity index is 812. The number of nitro groups is 2. The van der Waals surface area contributed by atoms with E-state index in [0.717, 1.165) is 0 Å². The van der Waals surface area contributed by atoms with Crippen LogP contribution in [0.3, 0.4) is 0 Å². The fraction of sp³-hybridized carbons (Fsp3) is 0.0714. The van der Waals surface area contributed by atoms with Crippen molar-refractivity contribution in [2.45, 2.75) is 0 Å². The van der Waals surface area contributed by atoms with E-state index in [1.165, 1.54) is 43.5 Å². The summed E-state index contributed by atoms with van der Waals surface area (Å²) >= 11 is 5.13. The molecule has 0 atom stereocenters. The van der Waals surface area contributed by atoms with Crippen molar-refractivity contribution in [1.82, 2.24) is 0 Å². The number of hydrogen-bond donors (Lipinski definition) is 2. The first-order chi connectivity index (χ1) is 11.4. The Morgan fingerprint density at radius 1 is 1.04 bits per heavy atom. The van der Waals surface area contributed by atoms with Crippen molar-refractivity contribution in [2.24, 2.45) is 0 Å². The summed E-state index contributed by atoms with van der Waals surface area (Å²) in [6.07, 6.45) is 0.